The summed E-state index contributed by atoms with van der Waals surface area (Å²) in [6.45, 7) is 4.04. The molecule has 0 aromatic heterocycles. The zero-order valence-electron chi connectivity index (χ0n) is 11.6. The lowest BCUT2D eigenvalue weighted by molar-refractivity contribution is 0.0349. The quantitative estimate of drug-likeness (QED) is 0.803. The maximum atomic E-state index is 14.0. The van der Waals surface area contributed by atoms with Crippen molar-refractivity contribution in [2.45, 2.75) is 32.4 Å². The summed E-state index contributed by atoms with van der Waals surface area (Å²) in [5, 5.41) is 3.08. The van der Waals surface area contributed by atoms with E-state index in [-0.39, 0.29) is 34.5 Å². The van der Waals surface area contributed by atoms with E-state index in [0.717, 1.165) is 0 Å². The number of likely N-dealkylation sites (N-methyl/N-ethyl adjacent to an activating group) is 1. The lowest BCUT2D eigenvalue weighted by atomic mass is 9.93. The van der Waals surface area contributed by atoms with Crippen LogP contribution in [-0.2, 0) is 11.2 Å². The van der Waals surface area contributed by atoms with Crippen molar-refractivity contribution in [3.63, 3.8) is 0 Å². The first-order valence-corrected chi connectivity index (χ1v) is 7.04. The number of halogens is 3. The van der Waals surface area contributed by atoms with Gasteiger partial charge < -0.3 is 10.1 Å². The minimum Gasteiger partial charge on any atom is -0.380 e. The van der Waals surface area contributed by atoms with Crippen molar-refractivity contribution in [3.05, 3.63) is 33.8 Å². The molecule has 0 saturated carbocycles. The topological polar surface area (TPSA) is 21.3 Å². The highest BCUT2D eigenvalue weighted by molar-refractivity contribution is 9.10. The van der Waals surface area contributed by atoms with Gasteiger partial charge in [-0.25, -0.2) is 8.78 Å². The van der Waals surface area contributed by atoms with Crippen LogP contribution in [0.4, 0.5) is 8.78 Å². The molecule has 0 bridgehead atoms. The van der Waals surface area contributed by atoms with E-state index in [1.165, 1.54) is 12.1 Å². The fourth-order valence-electron chi connectivity index (χ4n) is 2.26. The molecule has 19 heavy (non-hydrogen) atoms. The van der Waals surface area contributed by atoms with E-state index in [0.29, 0.717) is 0 Å². The molecule has 0 amide bonds. The highest BCUT2D eigenvalue weighted by Crippen LogP contribution is 2.24. The molecule has 0 fully saturated rings. The van der Waals surface area contributed by atoms with Gasteiger partial charge in [0, 0.05) is 18.7 Å². The molecule has 1 rings (SSSR count). The summed E-state index contributed by atoms with van der Waals surface area (Å²) in [7, 11) is 3.38. The van der Waals surface area contributed by atoms with Gasteiger partial charge >= 0.3 is 0 Å². The van der Waals surface area contributed by atoms with E-state index in [1.54, 1.807) is 14.2 Å². The average molecular weight is 336 g/mol. The van der Waals surface area contributed by atoms with Crippen LogP contribution >= 0.6 is 15.9 Å². The maximum Gasteiger partial charge on any atom is 0.143 e. The molecule has 108 valence electrons. The van der Waals surface area contributed by atoms with Crippen LogP contribution in [0, 0.1) is 17.6 Å². The van der Waals surface area contributed by atoms with Crippen molar-refractivity contribution in [2.24, 2.45) is 5.92 Å². The molecular weight excluding hydrogens is 316 g/mol. The highest BCUT2D eigenvalue weighted by Gasteiger charge is 2.26. The Labute approximate surface area is 121 Å². The SMILES string of the molecule is CNC(Cc1c(F)ccc(Br)c1F)C(OC)C(C)C. The second-order valence-electron chi connectivity index (χ2n) is 4.87. The molecule has 0 radical (unpaired) electrons. The third kappa shape index (κ3) is 3.97. The lowest BCUT2D eigenvalue weighted by Crippen LogP contribution is -2.43. The van der Waals surface area contributed by atoms with Crippen molar-refractivity contribution >= 4 is 15.9 Å². The number of ether oxygens (including phenoxy) is 1. The Kier molecular flexibility index (Phi) is 6.36. The number of methoxy groups -OCH3 is 1. The van der Waals surface area contributed by atoms with Crippen LogP contribution in [0.25, 0.3) is 0 Å². The van der Waals surface area contributed by atoms with Gasteiger partial charge in [0.2, 0.25) is 0 Å². The Hall–Kier alpha value is -0.520. The van der Waals surface area contributed by atoms with Gasteiger partial charge in [0.15, 0.2) is 0 Å². The van der Waals surface area contributed by atoms with E-state index < -0.39 is 11.6 Å². The predicted molar refractivity (Wildman–Crippen MR) is 76.2 cm³/mol. The van der Waals surface area contributed by atoms with Crippen LogP contribution in [0.2, 0.25) is 0 Å². The smallest absolute Gasteiger partial charge is 0.143 e. The van der Waals surface area contributed by atoms with E-state index in [4.69, 9.17) is 4.74 Å². The predicted octanol–water partition coefficient (Wildman–Crippen LogP) is 3.53. The Morgan fingerprint density at radius 2 is 1.95 bits per heavy atom. The largest absolute Gasteiger partial charge is 0.380 e. The monoisotopic (exact) mass is 335 g/mol. The van der Waals surface area contributed by atoms with Gasteiger partial charge in [0.1, 0.15) is 11.6 Å². The molecule has 1 aromatic rings. The van der Waals surface area contributed by atoms with Crippen LogP contribution in [-0.4, -0.2) is 26.3 Å². The molecule has 0 saturated heterocycles. The molecule has 0 aliphatic carbocycles. The summed E-state index contributed by atoms with van der Waals surface area (Å²) >= 11 is 3.08. The fourth-order valence-corrected chi connectivity index (χ4v) is 2.63. The normalized spacial score (nSPS) is 14.7. The molecular formula is C14H20BrF2NO. The van der Waals surface area contributed by atoms with Gasteiger partial charge in [-0.05, 0) is 47.4 Å². The lowest BCUT2D eigenvalue weighted by Gasteiger charge is -2.29. The Morgan fingerprint density at radius 3 is 2.42 bits per heavy atom. The van der Waals surface area contributed by atoms with Crippen molar-refractivity contribution in [1.29, 1.82) is 0 Å². The molecule has 2 nitrogen and oxygen atoms in total. The van der Waals surface area contributed by atoms with Gasteiger partial charge in [0.25, 0.3) is 0 Å². The molecule has 1 N–H and O–H groups in total. The van der Waals surface area contributed by atoms with Crippen LogP contribution in [0.5, 0.6) is 0 Å². The molecule has 0 aliphatic heterocycles. The van der Waals surface area contributed by atoms with Crippen LogP contribution in [0.3, 0.4) is 0 Å². The zero-order chi connectivity index (χ0) is 14.6. The number of hydrogen-bond acceptors (Lipinski definition) is 2. The van der Waals surface area contributed by atoms with Gasteiger partial charge in [-0.3, -0.25) is 0 Å². The maximum absolute atomic E-state index is 14.0. The van der Waals surface area contributed by atoms with Crippen molar-refractivity contribution in [1.82, 2.24) is 5.32 Å². The summed E-state index contributed by atoms with van der Waals surface area (Å²) in [6.07, 6.45) is 0.132. The van der Waals surface area contributed by atoms with Gasteiger partial charge in [-0.1, -0.05) is 13.8 Å². The molecule has 0 aliphatic rings. The first-order valence-electron chi connectivity index (χ1n) is 6.24. The second-order valence-corrected chi connectivity index (χ2v) is 5.72. The Morgan fingerprint density at radius 1 is 1.32 bits per heavy atom. The van der Waals surface area contributed by atoms with Crippen LogP contribution < -0.4 is 5.32 Å². The van der Waals surface area contributed by atoms with E-state index >= 15 is 0 Å². The minimum absolute atomic E-state index is 0.0800. The third-order valence-corrected chi connectivity index (χ3v) is 3.87. The number of benzene rings is 1. The molecule has 0 spiro atoms. The Balaban J connectivity index is 3.02. The van der Waals surface area contributed by atoms with Gasteiger partial charge in [-0.15, -0.1) is 0 Å². The zero-order valence-corrected chi connectivity index (χ0v) is 13.2. The first kappa shape index (κ1) is 16.5. The molecule has 1 aromatic carbocycles. The van der Waals surface area contributed by atoms with Crippen molar-refractivity contribution in [3.8, 4) is 0 Å². The molecule has 2 atom stereocenters. The van der Waals surface area contributed by atoms with Gasteiger partial charge in [-0.2, -0.15) is 0 Å². The first-order chi connectivity index (χ1) is 8.92. The summed E-state index contributed by atoms with van der Waals surface area (Å²) in [4.78, 5) is 0. The van der Waals surface area contributed by atoms with Crippen LogP contribution in [0.1, 0.15) is 19.4 Å². The molecule has 2 unspecified atom stereocenters. The van der Waals surface area contributed by atoms with Gasteiger partial charge in [0.05, 0.1) is 10.6 Å². The molecule has 5 heteroatoms. The summed E-state index contributed by atoms with van der Waals surface area (Å²) in [5.74, 6) is -0.820. The number of rotatable bonds is 6. The third-order valence-electron chi connectivity index (χ3n) is 3.26. The standard InChI is InChI=1S/C14H20BrF2NO/c1-8(2)14(19-4)12(18-3)7-9-11(16)6-5-10(15)13(9)17/h5-6,8,12,14,18H,7H2,1-4H3. The van der Waals surface area contributed by atoms with E-state index in [1.807, 2.05) is 13.8 Å². The van der Waals surface area contributed by atoms with E-state index in [9.17, 15) is 8.78 Å². The van der Waals surface area contributed by atoms with E-state index in [2.05, 4.69) is 21.2 Å². The number of nitrogens with one attached hydrogen (secondary N) is 1. The number of hydrogen-bond donors (Lipinski definition) is 1. The average Bonchev–Trinajstić information content (AvgIpc) is 2.37. The fraction of sp³-hybridized carbons (Fsp3) is 0.571. The van der Waals surface area contributed by atoms with Crippen molar-refractivity contribution in [2.75, 3.05) is 14.2 Å². The summed E-state index contributed by atoms with van der Waals surface area (Å²) < 4.78 is 33.4. The summed E-state index contributed by atoms with van der Waals surface area (Å²) in [5.41, 5.74) is 0.0800. The highest BCUT2D eigenvalue weighted by atomic mass is 79.9. The summed E-state index contributed by atoms with van der Waals surface area (Å²) in [6, 6.07) is 2.49. The molecule has 0 heterocycles. The van der Waals surface area contributed by atoms with Crippen LogP contribution in [0.15, 0.2) is 16.6 Å². The second kappa shape index (κ2) is 7.31. The van der Waals surface area contributed by atoms with Crippen molar-refractivity contribution < 1.29 is 13.5 Å². The Bertz CT molecular complexity index is 426. The minimum atomic E-state index is -0.543.